The summed E-state index contributed by atoms with van der Waals surface area (Å²) >= 11 is 0. The Kier molecular flexibility index (Phi) is 5.51. The highest BCUT2D eigenvalue weighted by molar-refractivity contribution is 5.89. The van der Waals surface area contributed by atoms with Gasteiger partial charge in [0.15, 0.2) is 0 Å². The molecule has 8 nitrogen and oxygen atoms in total. The number of nitrogens with one attached hydrogen (secondary N) is 1. The molecule has 29 heavy (non-hydrogen) atoms. The molecule has 154 valence electrons. The average molecular weight is 397 g/mol. The summed E-state index contributed by atoms with van der Waals surface area (Å²) < 4.78 is 2.05. The average Bonchev–Trinajstić information content (AvgIpc) is 3.52. The number of carbonyl (C=O) groups is 3. The van der Waals surface area contributed by atoms with Crippen LogP contribution in [0.2, 0.25) is 0 Å². The van der Waals surface area contributed by atoms with Crippen LogP contribution in [0.15, 0.2) is 30.7 Å². The Morgan fingerprint density at radius 1 is 1.14 bits per heavy atom. The van der Waals surface area contributed by atoms with Crippen LogP contribution < -0.4 is 5.32 Å². The van der Waals surface area contributed by atoms with Crippen LogP contribution in [-0.4, -0.2) is 69.3 Å². The number of piperazine rings is 1. The quantitative estimate of drug-likeness (QED) is 0.788. The topological polar surface area (TPSA) is 87.5 Å². The largest absolute Gasteiger partial charge is 0.346 e. The number of aryl methyl sites for hydroxylation is 1. The van der Waals surface area contributed by atoms with Crippen molar-refractivity contribution in [3.8, 4) is 0 Å². The van der Waals surface area contributed by atoms with Crippen LogP contribution in [0.3, 0.4) is 0 Å². The molecule has 2 fully saturated rings. The highest BCUT2D eigenvalue weighted by Gasteiger charge is 2.33. The van der Waals surface area contributed by atoms with Crippen LogP contribution in [0, 0.1) is 5.92 Å². The van der Waals surface area contributed by atoms with Gasteiger partial charge < -0.3 is 19.7 Å². The van der Waals surface area contributed by atoms with Gasteiger partial charge in [0, 0.05) is 62.8 Å². The van der Waals surface area contributed by atoms with Crippen molar-refractivity contribution in [3.63, 3.8) is 0 Å². The summed E-state index contributed by atoms with van der Waals surface area (Å²) in [5.41, 5.74) is 1.03. The number of amides is 3. The van der Waals surface area contributed by atoms with E-state index in [-0.39, 0.29) is 23.6 Å². The number of pyridine rings is 1. The number of hydrogen-bond acceptors (Lipinski definition) is 4. The second-order valence-corrected chi connectivity index (χ2v) is 7.90. The molecular weight excluding hydrogens is 370 g/mol. The van der Waals surface area contributed by atoms with Crippen LogP contribution >= 0.6 is 0 Å². The first-order valence-electron chi connectivity index (χ1n) is 10.3. The maximum Gasteiger partial charge on any atom is 0.244 e. The molecule has 2 aliphatic rings. The fraction of sp³-hybridized carbons (Fsp3) is 0.524. The number of carbonyl (C=O) groups excluding carboxylic acids is 3. The van der Waals surface area contributed by atoms with Gasteiger partial charge in [-0.15, -0.1) is 0 Å². The molecule has 1 N–H and O–H groups in total. The second kappa shape index (κ2) is 8.23. The van der Waals surface area contributed by atoms with E-state index >= 15 is 0 Å². The van der Waals surface area contributed by atoms with Crippen LogP contribution in [0.4, 0.5) is 0 Å². The molecular formula is C21H27N5O3. The highest BCUT2D eigenvalue weighted by Crippen LogP contribution is 2.28. The fourth-order valence-electron chi connectivity index (χ4n) is 3.79. The molecule has 1 aliphatic carbocycles. The van der Waals surface area contributed by atoms with E-state index in [0.29, 0.717) is 39.1 Å². The van der Waals surface area contributed by atoms with E-state index in [1.54, 1.807) is 18.0 Å². The van der Waals surface area contributed by atoms with Crippen LogP contribution in [0.1, 0.15) is 26.2 Å². The second-order valence-electron chi connectivity index (χ2n) is 7.90. The molecule has 1 saturated heterocycles. The van der Waals surface area contributed by atoms with Crippen molar-refractivity contribution >= 4 is 28.6 Å². The van der Waals surface area contributed by atoms with Gasteiger partial charge in [0.2, 0.25) is 17.7 Å². The third-order valence-electron chi connectivity index (χ3n) is 5.76. The van der Waals surface area contributed by atoms with E-state index in [0.717, 1.165) is 23.7 Å². The number of aromatic nitrogens is 2. The molecule has 4 rings (SSSR count). The summed E-state index contributed by atoms with van der Waals surface area (Å²) in [5.74, 6) is 0.0932. The van der Waals surface area contributed by atoms with E-state index < -0.39 is 6.04 Å². The zero-order valence-electron chi connectivity index (χ0n) is 16.7. The number of rotatable bonds is 6. The molecule has 1 unspecified atom stereocenters. The van der Waals surface area contributed by atoms with Crippen molar-refractivity contribution < 1.29 is 14.4 Å². The van der Waals surface area contributed by atoms with Crippen molar-refractivity contribution in [2.45, 2.75) is 38.8 Å². The normalized spacial score (nSPS) is 18.0. The van der Waals surface area contributed by atoms with Gasteiger partial charge in [-0.3, -0.25) is 19.4 Å². The maximum absolute atomic E-state index is 12.6. The van der Waals surface area contributed by atoms with E-state index in [9.17, 15) is 14.4 Å². The SMILES string of the molecule is CC(NC(=O)C1CC1)C(=O)N1CCN(C(=O)CCn2ccc3ccncc32)CC1. The summed E-state index contributed by atoms with van der Waals surface area (Å²) in [6, 6.07) is 3.47. The summed E-state index contributed by atoms with van der Waals surface area (Å²) in [6.07, 6.45) is 7.81. The molecule has 3 heterocycles. The minimum Gasteiger partial charge on any atom is -0.346 e. The van der Waals surface area contributed by atoms with Crippen molar-refractivity contribution in [1.29, 1.82) is 0 Å². The van der Waals surface area contributed by atoms with E-state index in [2.05, 4.69) is 10.3 Å². The minimum absolute atomic E-state index is 0.0209. The third kappa shape index (κ3) is 4.41. The van der Waals surface area contributed by atoms with Gasteiger partial charge in [-0.25, -0.2) is 0 Å². The fourth-order valence-corrected chi connectivity index (χ4v) is 3.79. The Balaban J connectivity index is 1.24. The Hall–Kier alpha value is -2.90. The first-order chi connectivity index (χ1) is 14.0. The Morgan fingerprint density at radius 3 is 2.59 bits per heavy atom. The van der Waals surface area contributed by atoms with Crippen molar-refractivity contribution in [1.82, 2.24) is 24.7 Å². The summed E-state index contributed by atoms with van der Waals surface area (Å²) in [5, 5.41) is 3.92. The summed E-state index contributed by atoms with van der Waals surface area (Å²) in [6.45, 7) is 4.41. The van der Waals surface area contributed by atoms with E-state index in [4.69, 9.17) is 0 Å². The molecule has 0 radical (unpaired) electrons. The molecule has 1 atom stereocenters. The van der Waals surface area contributed by atoms with Crippen LogP contribution in [-0.2, 0) is 20.9 Å². The number of fused-ring (bicyclic) bond motifs is 1. The maximum atomic E-state index is 12.6. The highest BCUT2D eigenvalue weighted by atomic mass is 16.2. The van der Waals surface area contributed by atoms with Gasteiger partial charge in [0.05, 0.1) is 11.7 Å². The lowest BCUT2D eigenvalue weighted by atomic mass is 10.2. The lowest BCUT2D eigenvalue weighted by Crippen LogP contribution is -2.55. The monoisotopic (exact) mass is 397 g/mol. The van der Waals surface area contributed by atoms with Gasteiger partial charge in [-0.2, -0.15) is 0 Å². The van der Waals surface area contributed by atoms with Crippen LogP contribution in [0.5, 0.6) is 0 Å². The zero-order valence-corrected chi connectivity index (χ0v) is 16.7. The predicted molar refractivity (Wildman–Crippen MR) is 108 cm³/mol. The predicted octanol–water partition coefficient (Wildman–Crippen LogP) is 1.01. The van der Waals surface area contributed by atoms with Gasteiger partial charge in [0.1, 0.15) is 6.04 Å². The van der Waals surface area contributed by atoms with Gasteiger partial charge in [-0.1, -0.05) is 0 Å². The van der Waals surface area contributed by atoms with Gasteiger partial charge in [0.25, 0.3) is 0 Å². The molecule has 1 aliphatic heterocycles. The standard InChI is InChI=1S/C21H27N5O3/c1-15(23-20(28)17-2-3-17)21(29)26-12-10-25(11-13-26)19(27)6-9-24-8-5-16-4-7-22-14-18(16)24/h4-5,7-8,14-15,17H,2-3,6,9-13H2,1H3,(H,23,28). The molecule has 1 saturated carbocycles. The minimum atomic E-state index is -0.513. The Bertz CT molecular complexity index is 912. The van der Waals surface area contributed by atoms with Crippen molar-refractivity contribution in [2.75, 3.05) is 26.2 Å². The molecule has 3 amide bonds. The number of nitrogens with zero attached hydrogens (tertiary/aromatic N) is 4. The molecule has 0 bridgehead atoms. The molecule has 2 aromatic heterocycles. The zero-order chi connectivity index (χ0) is 20.4. The lowest BCUT2D eigenvalue weighted by molar-refractivity contribution is -0.141. The number of hydrogen-bond donors (Lipinski definition) is 1. The smallest absolute Gasteiger partial charge is 0.244 e. The van der Waals surface area contributed by atoms with Crippen LogP contribution in [0.25, 0.3) is 10.9 Å². The van der Waals surface area contributed by atoms with E-state index in [1.165, 1.54) is 0 Å². The Labute approximate surface area is 169 Å². The van der Waals surface area contributed by atoms with Gasteiger partial charge >= 0.3 is 0 Å². The molecule has 0 aromatic carbocycles. The van der Waals surface area contributed by atoms with Crippen molar-refractivity contribution in [3.05, 3.63) is 30.7 Å². The van der Waals surface area contributed by atoms with Crippen molar-refractivity contribution in [2.24, 2.45) is 5.92 Å². The summed E-state index contributed by atoms with van der Waals surface area (Å²) in [4.78, 5) is 44.7. The molecule has 8 heteroatoms. The first-order valence-corrected chi connectivity index (χ1v) is 10.3. The van der Waals surface area contributed by atoms with E-state index in [1.807, 2.05) is 34.0 Å². The molecule has 0 spiro atoms. The first kappa shape index (κ1) is 19.4. The summed E-state index contributed by atoms with van der Waals surface area (Å²) in [7, 11) is 0. The van der Waals surface area contributed by atoms with Gasteiger partial charge in [-0.05, 0) is 31.9 Å². The third-order valence-corrected chi connectivity index (χ3v) is 5.76. The lowest BCUT2D eigenvalue weighted by Gasteiger charge is -2.36. The Morgan fingerprint density at radius 2 is 1.86 bits per heavy atom. The molecule has 2 aromatic rings.